The second-order valence-corrected chi connectivity index (χ2v) is 3.62. The van der Waals surface area contributed by atoms with Crippen molar-refractivity contribution in [3.8, 4) is 0 Å². The molecule has 0 unspecified atom stereocenters. The Morgan fingerprint density at radius 3 is 2.62 bits per heavy atom. The number of allylic oxidation sites excluding steroid dienone is 2. The molecule has 0 aliphatic carbocycles. The summed E-state index contributed by atoms with van der Waals surface area (Å²) in [6, 6.07) is 0. The molecule has 76 valence electrons. The lowest BCUT2D eigenvalue weighted by molar-refractivity contribution is 0.631. The Balaban J connectivity index is 2.99. The van der Waals surface area contributed by atoms with Gasteiger partial charge in [0, 0.05) is 6.54 Å². The van der Waals surface area contributed by atoms with Crippen LogP contribution < -0.4 is 5.32 Å². The van der Waals surface area contributed by atoms with E-state index in [-0.39, 0.29) is 0 Å². The summed E-state index contributed by atoms with van der Waals surface area (Å²) in [5.74, 6) is 0. The molecule has 0 aliphatic rings. The third-order valence-corrected chi connectivity index (χ3v) is 1.92. The average Bonchev–Trinajstić information content (AvgIpc) is 2.09. The van der Waals surface area contributed by atoms with Crippen molar-refractivity contribution in [1.82, 2.24) is 5.32 Å². The molecule has 1 heteroatoms. The Hall–Kier alpha value is -0.560. The Bertz CT molecular complexity index is 143. The highest BCUT2D eigenvalue weighted by Gasteiger charge is 1.87. The molecular formula is C12H23N. The van der Waals surface area contributed by atoms with Gasteiger partial charge in [-0.3, -0.25) is 0 Å². The highest BCUT2D eigenvalue weighted by atomic mass is 14.8. The molecule has 0 saturated heterocycles. The van der Waals surface area contributed by atoms with E-state index in [1.807, 2.05) is 6.08 Å². The van der Waals surface area contributed by atoms with E-state index in [2.05, 4.69) is 31.8 Å². The number of hydrogen-bond donors (Lipinski definition) is 1. The van der Waals surface area contributed by atoms with Crippen LogP contribution >= 0.6 is 0 Å². The van der Waals surface area contributed by atoms with E-state index in [4.69, 9.17) is 0 Å². The summed E-state index contributed by atoms with van der Waals surface area (Å²) in [4.78, 5) is 0. The maximum Gasteiger partial charge on any atom is 0.0137 e. The second kappa shape index (κ2) is 9.53. The molecule has 0 spiro atoms. The van der Waals surface area contributed by atoms with E-state index in [0.717, 1.165) is 19.5 Å². The number of hydrogen-bond acceptors (Lipinski definition) is 1. The van der Waals surface area contributed by atoms with Crippen molar-refractivity contribution in [2.24, 2.45) is 0 Å². The van der Waals surface area contributed by atoms with Crippen molar-refractivity contribution < 1.29 is 0 Å². The van der Waals surface area contributed by atoms with Gasteiger partial charge in [0.1, 0.15) is 0 Å². The fraction of sp³-hybridized carbons (Fsp3) is 0.667. The first-order valence-electron chi connectivity index (χ1n) is 5.22. The Morgan fingerprint density at radius 2 is 2.00 bits per heavy atom. The lowest BCUT2D eigenvalue weighted by Crippen LogP contribution is -2.15. The molecule has 0 saturated carbocycles. The normalized spacial score (nSPS) is 9.69. The summed E-state index contributed by atoms with van der Waals surface area (Å²) in [6.07, 6.45) is 9.26. The minimum absolute atomic E-state index is 1.02. The lowest BCUT2D eigenvalue weighted by atomic mass is 10.2. The van der Waals surface area contributed by atoms with Gasteiger partial charge in [0.05, 0.1) is 0 Å². The van der Waals surface area contributed by atoms with E-state index in [1.54, 1.807) is 0 Å². The van der Waals surface area contributed by atoms with E-state index >= 15 is 0 Å². The monoisotopic (exact) mass is 181 g/mol. The standard InChI is InChI=1S/C12H23N/c1-4-5-6-7-8-10-13-11-9-12(2)3/h4,9,13H,1,5-8,10-11H2,2-3H3. The summed E-state index contributed by atoms with van der Waals surface area (Å²) < 4.78 is 0. The van der Waals surface area contributed by atoms with Gasteiger partial charge < -0.3 is 5.32 Å². The van der Waals surface area contributed by atoms with Crippen LogP contribution in [0.4, 0.5) is 0 Å². The van der Waals surface area contributed by atoms with Crippen LogP contribution in [-0.2, 0) is 0 Å². The predicted octanol–water partition coefficient (Wildman–Crippen LogP) is 3.29. The largest absolute Gasteiger partial charge is 0.313 e. The average molecular weight is 181 g/mol. The molecule has 0 rings (SSSR count). The zero-order chi connectivity index (χ0) is 9.94. The fourth-order valence-electron chi connectivity index (χ4n) is 1.09. The van der Waals surface area contributed by atoms with Crippen molar-refractivity contribution in [3.63, 3.8) is 0 Å². The minimum atomic E-state index is 1.02. The highest BCUT2D eigenvalue weighted by molar-refractivity contribution is 4.94. The molecular weight excluding hydrogens is 158 g/mol. The van der Waals surface area contributed by atoms with Gasteiger partial charge in [0.15, 0.2) is 0 Å². The molecule has 0 aromatic rings. The summed E-state index contributed by atoms with van der Waals surface area (Å²) >= 11 is 0. The van der Waals surface area contributed by atoms with Crippen molar-refractivity contribution in [3.05, 3.63) is 24.3 Å². The van der Waals surface area contributed by atoms with Gasteiger partial charge in [-0.05, 0) is 39.7 Å². The van der Waals surface area contributed by atoms with Crippen LogP contribution in [0.15, 0.2) is 24.3 Å². The number of nitrogens with one attached hydrogen (secondary N) is 1. The van der Waals surface area contributed by atoms with Crippen LogP contribution in [0.1, 0.15) is 39.5 Å². The van der Waals surface area contributed by atoms with Crippen molar-refractivity contribution >= 4 is 0 Å². The third kappa shape index (κ3) is 11.4. The highest BCUT2D eigenvalue weighted by Crippen LogP contribution is 1.98. The van der Waals surface area contributed by atoms with Gasteiger partial charge in [-0.25, -0.2) is 0 Å². The van der Waals surface area contributed by atoms with E-state index in [0.29, 0.717) is 0 Å². The van der Waals surface area contributed by atoms with Crippen LogP contribution in [0.5, 0.6) is 0 Å². The molecule has 1 N–H and O–H groups in total. The van der Waals surface area contributed by atoms with E-state index in [9.17, 15) is 0 Å². The molecule has 0 heterocycles. The first kappa shape index (κ1) is 12.4. The Kier molecular flexibility index (Phi) is 9.12. The van der Waals surface area contributed by atoms with Gasteiger partial charge >= 0.3 is 0 Å². The van der Waals surface area contributed by atoms with Crippen molar-refractivity contribution in [2.45, 2.75) is 39.5 Å². The summed E-state index contributed by atoms with van der Waals surface area (Å²) in [5, 5.41) is 3.39. The van der Waals surface area contributed by atoms with Crippen LogP contribution in [0.2, 0.25) is 0 Å². The van der Waals surface area contributed by atoms with Crippen LogP contribution in [-0.4, -0.2) is 13.1 Å². The molecule has 0 aliphatic heterocycles. The quantitative estimate of drug-likeness (QED) is 0.447. The van der Waals surface area contributed by atoms with E-state index < -0.39 is 0 Å². The molecule has 0 bridgehead atoms. The molecule has 0 aromatic carbocycles. The first-order chi connectivity index (χ1) is 6.27. The van der Waals surface area contributed by atoms with Crippen LogP contribution in [0, 0.1) is 0 Å². The molecule has 0 radical (unpaired) electrons. The minimum Gasteiger partial charge on any atom is -0.313 e. The predicted molar refractivity (Wildman–Crippen MR) is 61.0 cm³/mol. The van der Waals surface area contributed by atoms with Gasteiger partial charge in [-0.1, -0.05) is 24.1 Å². The van der Waals surface area contributed by atoms with Crippen LogP contribution in [0.25, 0.3) is 0 Å². The second-order valence-electron chi connectivity index (χ2n) is 3.62. The zero-order valence-electron chi connectivity index (χ0n) is 9.10. The smallest absolute Gasteiger partial charge is 0.0137 e. The molecule has 0 fully saturated rings. The van der Waals surface area contributed by atoms with Gasteiger partial charge in [0.2, 0.25) is 0 Å². The summed E-state index contributed by atoms with van der Waals surface area (Å²) in [7, 11) is 0. The zero-order valence-corrected chi connectivity index (χ0v) is 9.10. The van der Waals surface area contributed by atoms with Gasteiger partial charge in [-0.2, -0.15) is 0 Å². The van der Waals surface area contributed by atoms with Crippen molar-refractivity contribution in [2.75, 3.05) is 13.1 Å². The Morgan fingerprint density at radius 1 is 1.23 bits per heavy atom. The molecule has 0 atom stereocenters. The lowest BCUT2D eigenvalue weighted by Gasteiger charge is -2.01. The molecule has 13 heavy (non-hydrogen) atoms. The Labute approximate surface area is 82.9 Å². The maximum absolute atomic E-state index is 3.70. The number of rotatable bonds is 8. The van der Waals surface area contributed by atoms with E-state index in [1.165, 1.54) is 24.8 Å². The van der Waals surface area contributed by atoms with Gasteiger partial charge in [0.25, 0.3) is 0 Å². The maximum atomic E-state index is 3.70. The van der Waals surface area contributed by atoms with Gasteiger partial charge in [-0.15, -0.1) is 6.58 Å². The first-order valence-corrected chi connectivity index (χ1v) is 5.22. The fourth-order valence-corrected chi connectivity index (χ4v) is 1.09. The topological polar surface area (TPSA) is 12.0 Å². The van der Waals surface area contributed by atoms with Crippen LogP contribution in [0.3, 0.4) is 0 Å². The van der Waals surface area contributed by atoms with Crippen molar-refractivity contribution in [1.29, 1.82) is 0 Å². The summed E-state index contributed by atoms with van der Waals surface area (Å²) in [5.41, 5.74) is 1.39. The number of unbranched alkanes of at least 4 members (excludes halogenated alkanes) is 3. The molecule has 1 nitrogen and oxygen atoms in total. The summed E-state index contributed by atoms with van der Waals surface area (Å²) in [6.45, 7) is 10.1. The molecule has 0 aromatic heterocycles. The SMILES string of the molecule is C=CCCCCCNCC=C(C)C. The molecule has 0 amide bonds. The third-order valence-electron chi connectivity index (χ3n) is 1.92.